The number of hydrogen-bond donors (Lipinski definition) is 1. The lowest BCUT2D eigenvalue weighted by molar-refractivity contribution is -0.137. The third-order valence-corrected chi connectivity index (χ3v) is 4.56. The summed E-state index contributed by atoms with van der Waals surface area (Å²) in [6.07, 6.45) is 2.98. The molecule has 1 amide bonds. The van der Waals surface area contributed by atoms with E-state index in [2.05, 4.69) is 0 Å². The standard InChI is InChI=1S/C16H23FN2O.ClH/c1-11(13-7-3-4-9-15(13)17)19(2)16(20)14-8-5-6-12(14)10-18;/h3-4,7,9,11-12,14H,5-6,8,10,18H2,1-2H3;1H/t11?,12-,14-;/m1./s1. The molecule has 1 saturated carbocycles. The van der Waals surface area contributed by atoms with E-state index in [9.17, 15) is 9.18 Å². The van der Waals surface area contributed by atoms with Gasteiger partial charge in [0.05, 0.1) is 6.04 Å². The highest BCUT2D eigenvalue weighted by Crippen LogP contribution is 2.34. The molecule has 0 spiro atoms. The van der Waals surface area contributed by atoms with Crippen LogP contribution in [0.5, 0.6) is 0 Å². The lowest BCUT2D eigenvalue weighted by Gasteiger charge is -2.30. The SMILES string of the molecule is CC(c1ccccc1F)N(C)C(=O)[C@@H]1CCC[C@@H]1CN.Cl. The fraction of sp³-hybridized carbons (Fsp3) is 0.562. The van der Waals surface area contributed by atoms with Crippen molar-refractivity contribution < 1.29 is 9.18 Å². The van der Waals surface area contributed by atoms with Crippen LogP contribution in [0.15, 0.2) is 24.3 Å². The Hall–Kier alpha value is -1.13. The summed E-state index contributed by atoms with van der Waals surface area (Å²) in [5.74, 6) is 0.104. The number of benzene rings is 1. The highest BCUT2D eigenvalue weighted by atomic mass is 35.5. The molecule has 0 saturated heterocycles. The Morgan fingerprint density at radius 1 is 1.43 bits per heavy atom. The van der Waals surface area contributed by atoms with Crippen molar-refractivity contribution >= 4 is 18.3 Å². The van der Waals surface area contributed by atoms with Crippen LogP contribution in [0.3, 0.4) is 0 Å². The van der Waals surface area contributed by atoms with Gasteiger partial charge in [0, 0.05) is 18.5 Å². The summed E-state index contributed by atoms with van der Waals surface area (Å²) in [5.41, 5.74) is 6.30. The van der Waals surface area contributed by atoms with Crippen LogP contribution < -0.4 is 5.73 Å². The van der Waals surface area contributed by atoms with E-state index in [1.165, 1.54) is 6.07 Å². The Bertz CT molecular complexity index is 483. The predicted octanol–water partition coefficient (Wildman–Crippen LogP) is 3.14. The first-order chi connectivity index (χ1) is 9.56. The van der Waals surface area contributed by atoms with Crippen LogP contribution in [-0.2, 0) is 4.79 Å². The van der Waals surface area contributed by atoms with Gasteiger partial charge >= 0.3 is 0 Å². The van der Waals surface area contributed by atoms with E-state index in [0.717, 1.165) is 19.3 Å². The summed E-state index contributed by atoms with van der Waals surface area (Å²) in [5, 5.41) is 0. The van der Waals surface area contributed by atoms with Crippen LogP contribution in [0.25, 0.3) is 0 Å². The fourth-order valence-corrected chi connectivity index (χ4v) is 3.12. The molecule has 0 aliphatic heterocycles. The summed E-state index contributed by atoms with van der Waals surface area (Å²) in [7, 11) is 1.76. The quantitative estimate of drug-likeness (QED) is 0.928. The van der Waals surface area contributed by atoms with E-state index in [-0.39, 0.29) is 42.0 Å². The smallest absolute Gasteiger partial charge is 0.226 e. The van der Waals surface area contributed by atoms with Crippen LogP contribution in [-0.4, -0.2) is 24.4 Å². The van der Waals surface area contributed by atoms with E-state index in [4.69, 9.17) is 5.73 Å². The first-order valence-corrected chi connectivity index (χ1v) is 7.27. The van der Waals surface area contributed by atoms with Crippen molar-refractivity contribution in [3.05, 3.63) is 35.6 Å². The zero-order valence-corrected chi connectivity index (χ0v) is 13.4. The zero-order chi connectivity index (χ0) is 14.7. The van der Waals surface area contributed by atoms with Gasteiger partial charge in [-0.15, -0.1) is 12.4 Å². The molecule has 1 fully saturated rings. The molecule has 0 radical (unpaired) electrons. The number of nitrogens with two attached hydrogens (primary N) is 1. The molecule has 1 aromatic rings. The maximum atomic E-state index is 13.8. The molecule has 21 heavy (non-hydrogen) atoms. The average molecular weight is 315 g/mol. The third-order valence-electron chi connectivity index (χ3n) is 4.56. The topological polar surface area (TPSA) is 46.3 Å². The second-order valence-corrected chi connectivity index (χ2v) is 5.68. The molecule has 3 nitrogen and oxygen atoms in total. The number of amides is 1. The van der Waals surface area contributed by atoms with Gasteiger partial charge in [-0.1, -0.05) is 24.6 Å². The van der Waals surface area contributed by atoms with Crippen molar-refractivity contribution in [2.24, 2.45) is 17.6 Å². The Morgan fingerprint density at radius 3 is 2.71 bits per heavy atom. The lowest BCUT2D eigenvalue weighted by atomic mass is 9.94. The van der Waals surface area contributed by atoms with E-state index in [1.54, 1.807) is 30.1 Å². The number of carbonyl (C=O) groups excluding carboxylic acids is 1. The molecule has 118 valence electrons. The minimum absolute atomic E-state index is 0. The van der Waals surface area contributed by atoms with Crippen LogP contribution in [0.1, 0.15) is 37.8 Å². The van der Waals surface area contributed by atoms with Crippen molar-refractivity contribution in [1.82, 2.24) is 4.90 Å². The molecule has 3 atom stereocenters. The fourth-order valence-electron chi connectivity index (χ4n) is 3.12. The Morgan fingerprint density at radius 2 is 2.10 bits per heavy atom. The second kappa shape index (κ2) is 7.76. The molecule has 0 aromatic heterocycles. The minimum Gasteiger partial charge on any atom is -0.339 e. The number of halogens is 2. The first-order valence-electron chi connectivity index (χ1n) is 7.27. The van der Waals surface area contributed by atoms with Gasteiger partial charge in [0.1, 0.15) is 5.82 Å². The summed E-state index contributed by atoms with van der Waals surface area (Å²) >= 11 is 0. The molecular weight excluding hydrogens is 291 g/mol. The number of nitrogens with zero attached hydrogens (tertiary/aromatic N) is 1. The first kappa shape index (κ1) is 17.9. The molecule has 5 heteroatoms. The maximum Gasteiger partial charge on any atom is 0.226 e. The van der Waals surface area contributed by atoms with Crippen LogP contribution in [0.4, 0.5) is 4.39 Å². The van der Waals surface area contributed by atoms with Crippen LogP contribution in [0.2, 0.25) is 0 Å². The number of hydrogen-bond acceptors (Lipinski definition) is 2. The zero-order valence-electron chi connectivity index (χ0n) is 12.6. The van der Waals surface area contributed by atoms with Crippen molar-refractivity contribution in [2.45, 2.75) is 32.2 Å². The average Bonchev–Trinajstić information content (AvgIpc) is 2.94. The predicted molar refractivity (Wildman–Crippen MR) is 84.7 cm³/mol. The largest absolute Gasteiger partial charge is 0.339 e. The molecule has 0 bridgehead atoms. The van der Waals surface area contributed by atoms with E-state index in [0.29, 0.717) is 12.1 Å². The summed E-state index contributed by atoms with van der Waals surface area (Å²) in [4.78, 5) is 14.3. The van der Waals surface area contributed by atoms with Gasteiger partial charge < -0.3 is 10.6 Å². The van der Waals surface area contributed by atoms with Crippen molar-refractivity contribution in [2.75, 3.05) is 13.6 Å². The molecule has 1 aliphatic rings. The monoisotopic (exact) mass is 314 g/mol. The highest BCUT2D eigenvalue weighted by molar-refractivity contribution is 5.85. The summed E-state index contributed by atoms with van der Waals surface area (Å²) in [6, 6.07) is 6.37. The second-order valence-electron chi connectivity index (χ2n) is 5.68. The van der Waals surface area contributed by atoms with E-state index >= 15 is 0 Å². The summed E-state index contributed by atoms with van der Waals surface area (Å²) < 4.78 is 13.8. The van der Waals surface area contributed by atoms with Gasteiger partial charge in [-0.25, -0.2) is 4.39 Å². The Labute approximate surface area is 132 Å². The van der Waals surface area contributed by atoms with Gasteiger partial charge in [0.15, 0.2) is 0 Å². The molecule has 1 aromatic carbocycles. The van der Waals surface area contributed by atoms with Crippen LogP contribution in [0, 0.1) is 17.7 Å². The molecule has 1 unspecified atom stereocenters. The molecule has 2 N–H and O–H groups in total. The van der Waals surface area contributed by atoms with Crippen molar-refractivity contribution in [1.29, 1.82) is 0 Å². The van der Waals surface area contributed by atoms with Gasteiger partial charge in [0.2, 0.25) is 5.91 Å². The lowest BCUT2D eigenvalue weighted by Crippen LogP contribution is -2.38. The maximum absolute atomic E-state index is 13.8. The van der Waals surface area contributed by atoms with Crippen LogP contribution >= 0.6 is 12.4 Å². The summed E-state index contributed by atoms with van der Waals surface area (Å²) in [6.45, 7) is 2.42. The number of rotatable bonds is 4. The highest BCUT2D eigenvalue weighted by Gasteiger charge is 2.35. The van der Waals surface area contributed by atoms with Crippen molar-refractivity contribution in [3.63, 3.8) is 0 Å². The number of carbonyl (C=O) groups is 1. The van der Waals surface area contributed by atoms with Crippen molar-refractivity contribution in [3.8, 4) is 0 Å². The Balaban J connectivity index is 0.00000220. The van der Waals surface area contributed by atoms with Gasteiger partial charge in [-0.2, -0.15) is 0 Å². The molecule has 1 aliphatic carbocycles. The minimum atomic E-state index is -0.263. The van der Waals surface area contributed by atoms with E-state index < -0.39 is 0 Å². The van der Waals surface area contributed by atoms with E-state index in [1.807, 2.05) is 6.92 Å². The van der Waals surface area contributed by atoms with Gasteiger partial charge in [0.25, 0.3) is 0 Å². The van der Waals surface area contributed by atoms with Gasteiger partial charge in [-0.05, 0) is 38.3 Å². The Kier molecular flexibility index (Phi) is 6.62. The molecular formula is C16H24ClFN2O. The third kappa shape index (κ3) is 3.74. The molecule has 2 rings (SSSR count). The van der Waals surface area contributed by atoms with Gasteiger partial charge in [-0.3, -0.25) is 4.79 Å². The normalized spacial score (nSPS) is 22.5. The molecule has 0 heterocycles.